The second kappa shape index (κ2) is 7.13. The number of halogens is 1. The van der Waals surface area contributed by atoms with E-state index in [2.05, 4.69) is 10.2 Å². The van der Waals surface area contributed by atoms with Crippen LogP contribution in [0.25, 0.3) is 0 Å². The highest BCUT2D eigenvalue weighted by Gasteiger charge is 2.34. The van der Waals surface area contributed by atoms with Crippen LogP contribution >= 0.6 is 0 Å². The maximum absolute atomic E-state index is 13.9. The lowest BCUT2D eigenvalue weighted by atomic mass is 10.1. The summed E-state index contributed by atoms with van der Waals surface area (Å²) in [6.07, 6.45) is 0.163. The number of benzene rings is 1. The Bertz CT molecular complexity index is 418. The minimum absolute atomic E-state index is 0.0377. The van der Waals surface area contributed by atoms with Crippen molar-refractivity contribution >= 4 is 0 Å². The predicted molar refractivity (Wildman–Crippen MR) is 76.2 cm³/mol. The molecule has 112 valence electrons. The highest BCUT2D eigenvalue weighted by molar-refractivity contribution is 5.21. The third-order valence-corrected chi connectivity index (χ3v) is 3.97. The van der Waals surface area contributed by atoms with Crippen molar-refractivity contribution in [1.82, 2.24) is 10.2 Å². The average molecular weight is 282 g/mol. The molecule has 0 saturated carbocycles. The summed E-state index contributed by atoms with van der Waals surface area (Å²) in [5, 5.41) is 3.19. The minimum atomic E-state index is -0.169. The van der Waals surface area contributed by atoms with Gasteiger partial charge in [0.05, 0.1) is 12.2 Å². The SMILES string of the molecule is CNC(CN1CC(OC)C(OC)C1)c1ccccc1F. The molecule has 0 aliphatic carbocycles. The normalized spacial score (nSPS) is 25.0. The van der Waals surface area contributed by atoms with E-state index in [0.29, 0.717) is 5.56 Å². The Morgan fingerprint density at radius 3 is 2.35 bits per heavy atom. The summed E-state index contributed by atoms with van der Waals surface area (Å²) >= 11 is 0. The Morgan fingerprint density at radius 1 is 1.25 bits per heavy atom. The molecule has 1 aromatic rings. The Labute approximate surface area is 119 Å². The zero-order valence-corrected chi connectivity index (χ0v) is 12.3. The van der Waals surface area contributed by atoms with E-state index in [1.807, 2.05) is 19.2 Å². The minimum Gasteiger partial charge on any atom is -0.377 e. The van der Waals surface area contributed by atoms with E-state index in [1.54, 1.807) is 20.3 Å². The number of likely N-dealkylation sites (tertiary alicyclic amines) is 1. The second-order valence-corrected chi connectivity index (χ2v) is 5.13. The molecule has 3 unspecified atom stereocenters. The van der Waals surface area contributed by atoms with Crippen molar-refractivity contribution in [2.75, 3.05) is 40.9 Å². The van der Waals surface area contributed by atoms with Gasteiger partial charge in [-0.05, 0) is 13.1 Å². The Morgan fingerprint density at radius 2 is 1.85 bits per heavy atom. The molecule has 0 spiro atoms. The van der Waals surface area contributed by atoms with Crippen molar-refractivity contribution in [3.8, 4) is 0 Å². The van der Waals surface area contributed by atoms with Gasteiger partial charge < -0.3 is 14.8 Å². The summed E-state index contributed by atoms with van der Waals surface area (Å²) in [6.45, 7) is 2.35. The molecule has 20 heavy (non-hydrogen) atoms. The average Bonchev–Trinajstić information content (AvgIpc) is 2.87. The molecule has 5 heteroatoms. The first kappa shape index (κ1) is 15.4. The van der Waals surface area contributed by atoms with Gasteiger partial charge in [-0.2, -0.15) is 0 Å². The molecule has 0 amide bonds. The summed E-state index contributed by atoms with van der Waals surface area (Å²) in [6, 6.07) is 6.86. The van der Waals surface area contributed by atoms with Gasteiger partial charge in [-0.3, -0.25) is 4.90 Å². The summed E-state index contributed by atoms with van der Waals surface area (Å²) < 4.78 is 24.7. The van der Waals surface area contributed by atoms with E-state index >= 15 is 0 Å². The monoisotopic (exact) mass is 282 g/mol. The summed E-state index contributed by atoms with van der Waals surface area (Å²) in [5.74, 6) is -0.169. The van der Waals surface area contributed by atoms with Crippen LogP contribution in [0.2, 0.25) is 0 Å². The van der Waals surface area contributed by atoms with Gasteiger partial charge in [0.1, 0.15) is 5.82 Å². The van der Waals surface area contributed by atoms with Gasteiger partial charge in [0, 0.05) is 45.5 Å². The number of ether oxygens (including phenoxy) is 2. The lowest BCUT2D eigenvalue weighted by Crippen LogP contribution is -2.33. The largest absolute Gasteiger partial charge is 0.377 e. The summed E-state index contributed by atoms with van der Waals surface area (Å²) in [5.41, 5.74) is 0.699. The topological polar surface area (TPSA) is 33.7 Å². The van der Waals surface area contributed by atoms with Gasteiger partial charge in [0.15, 0.2) is 0 Å². The van der Waals surface area contributed by atoms with Crippen molar-refractivity contribution in [3.63, 3.8) is 0 Å². The standard InChI is InChI=1S/C15H23FN2O2/c1-17-13(11-6-4-5-7-12(11)16)8-18-9-14(19-2)15(10-18)20-3/h4-7,13-15,17H,8-10H2,1-3H3. The van der Waals surface area contributed by atoms with Crippen LogP contribution in [0, 0.1) is 5.82 Å². The van der Waals surface area contributed by atoms with Gasteiger partial charge >= 0.3 is 0 Å². The first-order valence-corrected chi connectivity index (χ1v) is 6.89. The van der Waals surface area contributed by atoms with Gasteiger partial charge in [-0.1, -0.05) is 18.2 Å². The third kappa shape index (κ3) is 3.35. The number of hydrogen-bond acceptors (Lipinski definition) is 4. The fourth-order valence-corrected chi connectivity index (χ4v) is 2.78. The maximum Gasteiger partial charge on any atom is 0.128 e. The molecular weight excluding hydrogens is 259 g/mol. The van der Waals surface area contributed by atoms with Gasteiger partial charge in [-0.15, -0.1) is 0 Å². The molecule has 1 aliphatic rings. The Kier molecular flexibility index (Phi) is 5.48. The number of likely N-dealkylation sites (N-methyl/N-ethyl adjacent to an activating group) is 1. The van der Waals surface area contributed by atoms with E-state index in [4.69, 9.17) is 9.47 Å². The molecule has 1 aliphatic heterocycles. The Balaban J connectivity index is 2.03. The second-order valence-electron chi connectivity index (χ2n) is 5.13. The molecule has 1 fully saturated rings. The number of nitrogens with one attached hydrogen (secondary N) is 1. The van der Waals surface area contributed by atoms with E-state index in [0.717, 1.165) is 19.6 Å². The molecule has 0 bridgehead atoms. The van der Waals surface area contributed by atoms with Crippen LogP contribution in [0.3, 0.4) is 0 Å². The zero-order chi connectivity index (χ0) is 14.5. The van der Waals surface area contributed by atoms with Crippen molar-refractivity contribution in [1.29, 1.82) is 0 Å². The van der Waals surface area contributed by atoms with Crippen LogP contribution in [-0.2, 0) is 9.47 Å². The number of hydrogen-bond donors (Lipinski definition) is 1. The van der Waals surface area contributed by atoms with Crippen molar-refractivity contribution in [3.05, 3.63) is 35.6 Å². The van der Waals surface area contributed by atoms with Crippen LogP contribution in [0.1, 0.15) is 11.6 Å². The molecule has 1 saturated heterocycles. The predicted octanol–water partition coefficient (Wildman–Crippen LogP) is 1.43. The Hall–Kier alpha value is -1.01. The van der Waals surface area contributed by atoms with Gasteiger partial charge in [-0.25, -0.2) is 4.39 Å². The molecule has 2 rings (SSSR count). The molecular formula is C15H23FN2O2. The van der Waals surface area contributed by atoms with Gasteiger partial charge in [0.25, 0.3) is 0 Å². The summed E-state index contributed by atoms with van der Waals surface area (Å²) in [7, 11) is 5.26. The highest BCUT2D eigenvalue weighted by atomic mass is 19.1. The van der Waals surface area contributed by atoms with Crippen molar-refractivity contribution in [2.45, 2.75) is 18.2 Å². The van der Waals surface area contributed by atoms with Crippen LogP contribution in [0.4, 0.5) is 4.39 Å². The van der Waals surface area contributed by atoms with Crippen molar-refractivity contribution < 1.29 is 13.9 Å². The molecule has 1 heterocycles. The maximum atomic E-state index is 13.9. The van der Waals surface area contributed by atoms with E-state index in [-0.39, 0.29) is 24.1 Å². The number of nitrogens with zero attached hydrogens (tertiary/aromatic N) is 1. The lowest BCUT2D eigenvalue weighted by Gasteiger charge is -2.24. The molecule has 1 N–H and O–H groups in total. The fraction of sp³-hybridized carbons (Fsp3) is 0.600. The van der Waals surface area contributed by atoms with Crippen LogP contribution < -0.4 is 5.32 Å². The van der Waals surface area contributed by atoms with Crippen LogP contribution in [0.5, 0.6) is 0 Å². The molecule has 0 radical (unpaired) electrons. The fourth-order valence-electron chi connectivity index (χ4n) is 2.78. The zero-order valence-electron chi connectivity index (χ0n) is 12.3. The molecule has 4 nitrogen and oxygen atoms in total. The molecule has 3 atom stereocenters. The van der Waals surface area contributed by atoms with E-state index in [1.165, 1.54) is 6.07 Å². The number of rotatable bonds is 6. The lowest BCUT2D eigenvalue weighted by molar-refractivity contribution is -0.00461. The first-order valence-electron chi connectivity index (χ1n) is 6.89. The summed E-state index contributed by atoms with van der Waals surface area (Å²) in [4.78, 5) is 2.25. The number of methoxy groups -OCH3 is 2. The molecule has 1 aromatic carbocycles. The van der Waals surface area contributed by atoms with Gasteiger partial charge in [0.2, 0.25) is 0 Å². The smallest absolute Gasteiger partial charge is 0.128 e. The molecule has 0 aromatic heterocycles. The van der Waals surface area contributed by atoms with E-state index in [9.17, 15) is 4.39 Å². The quantitative estimate of drug-likeness (QED) is 0.856. The highest BCUT2D eigenvalue weighted by Crippen LogP contribution is 2.22. The van der Waals surface area contributed by atoms with Crippen LogP contribution in [0.15, 0.2) is 24.3 Å². The van der Waals surface area contributed by atoms with Crippen LogP contribution in [-0.4, -0.2) is 58.0 Å². The van der Waals surface area contributed by atoms with E-state index < -0.39 is 0 Å². The van der Waals surface area contributed by atoms with Crippen molar-refractivity contribution in [2.24, 2.45) is 0 Å². The third-order valence-electron chi connectivity index (χ3n) is 3.97. The first-order chi connectivity index (χ1) is 9.69.